The van der Waals surface area contributed by atoms with Gasteiger partial charge >= 0.3 is 5.69 Å². The summed E-state index contributed by atoms with van der Waals surface area (Å²) >= 11 is 0. The first-order valence-electron chi connectivity index (χ1n) is 13.8. The maximum absolute atomic E-state index is 15.5. The third-order valence-electron chi connectivity index (χ3n) is 7.89. The van der Waals surface area contributed by atoms with E-state index in [0.29, 0.717) is 35.5 Å². The van der Waals surface area contributed by atoms with Gasteiger partial charge in [0.2, 0.25) is 5.91 Å². The molecule has 1 aliphatic heterocycles. The van der Waals surface area contributed by atoms with Crippen molar-refractivity contribution in [3.05, 3.63) is 104 Å². The largest absolute Gasteiger partial charge is 0.496 e. The smallest absolute Gasteiger partial charge is 0.328 e. The number of amides is 2. The highest BCUT2D eigenvalue weighted by molar-refractivity contribution is 6.04. The van der Waals surface area contributed by atoms with Crippen molar-refractivity contribution in [3.8, 4) is 28.0 Å². The molecule has 5 rings (SSSR count). The second-order valence-electron chi connectivity index (χ2n) is 10.4. The number of aromatic amines is 1. The summed E-state index contributed by atoms with van der Waals surface area (Å²) in [6.07, 6.45) is 1.75. The van der Waals surface area contributed by atoms with Gasteiger partial charge in [0.05, 0.1) is 13.2 Å². The van der Waals surface area contributed by atoms with Crippen molar-refractivity contribution in [3.63, 3.8) is 0 Å². The van der Waals surface area contributed by atoms with Gasteiger partial charge in [0.25, 0.3) is 11.5 Å². The van der Waals surface area contributed by atoms with Gasteiger partial charge in [-0.2, -0.15) is 0 Å². The quantitative estimate of drug-likeness (QED) is 0.251. The van der Waals surface area contributed by atoms with E-state index in [9.17, 15) is 19.2 Å². The lowest BCUT2D eigenvalue weighted by atomic mass is 9.90. The fraction of sp³-hybridized carbons (Fsp3) is 0.250. The molecular formula is C32H32FN5O5. The molecule has 4 N–H and O–H groups in total. The number of nitrogens with zero attached hydrogens (tertiary/aromatic N) is 1. The molecule has 1 unspecified atom stereocenters. The van der Waals surface area contributed by atoms with Gasteiger partial charge in [-0.05, 0) is 71.8 Å². The molecule has 43 heavy (non-hydrogen) atoms. The Kier molecular flexibility index (Phi) is 8.27. The molecule has 10 nitrogen and oxygen atoms in total. The number of carbonyl (C=O) groups is 2. The van der Waals surface area contributed by atoms with Crippen LogP contribution in [0.15, 0.2) is 64.3 Å². The first-order valence-corrected chi connectivity index (χ1v) is 13.8. The van der Waals surface area contributed by atoms with E-state index in [0.717, 1.165) is 38.6 Å². The number of aromatic nitrogens is 2. The van der Waals surface area contributed by atoms with Gasteiger partial charge in [0, 0.05) is 37.6 Å². The van der Waals surface area contributed by atoms with E-state index in [1.54, 1.807) is 18.2 Å². The van der Waals surface area contributed by atoms with Crippen molar-refractivity contribution in [1.29, 1.82) is 0 Å². The lowest BCUT2D eigenvalue weighted by molar-refractivity contribution is -0.120. The molecule has 1 fully saturated rings. The highest BCUT2D eigenvalue weighted by Crippen LogP contribution is 2.37. The zero-order valence-corrected chi connectivity index (χ0v) is 24.3. The molecule has 2 amide bonds. The number of rotatable bonds is 8. The van der Waals surface area contributed by atoms with Crippen LogP contribution in [0.3, 0.4) is 0 Å². The van der Waals surface area contributed by atoms with Crippen LogP contribution in [0.1, 0.15) is 33.5 Å². The van der Waals surface area contributed by atoms with Crippen molar-refractivity contribution >= 4 is 17.5 Å². The molecular weight excluding hydrogens is 553 g/mol. The van der Waals surface area contributed by atoms with Crippen LogP contribution < -0.4 is 31.9 Å². The lowest BCUT2D eigenvalue weighted by Crippen LogP contribution is -2.37. The number of H-pyrrole nitrogens is 1. The normalized spacial score (nSPS) is 14.4. The topological polar surface area (TPSA) is 134 Å². The van der Waals surface area contributed by atoms with Crippen molar-refractivity contribution in [2.75, 3.05) is 19.0 Å². The van der Waals surface area contributed by atoms with Gasteiger partial charge in [-0.25, -0.2) is 9.18 Å². The van der Waals surface area contributed by atoms with Crippen LogP contribution in [0.4, 0.5) is 10.1 Å². The van der Waals surface area contributed by atoms with E-state index in [2.05, 4.69) is 20.9 Å². The fourth-order valence-corrected chi connectivity index (χ4v) is 5.36. The van der Waals surface area contributed by atoms with Crippen LogP contribution in [0, 0.1) is 19.7 Å². The molecule has 1 atom stereocenters. The molecule has 11 heteroatoms. The summed E-state index contributed by atoms with van der Waals surface area (Å²) in [6.45, 7) is 4.54. The third kappa shape index (κ3) is 5.71. The number of carbonyl (C=O) groups excluding carboxylic acids is 2. The summed E-state index contributed by atoms with van der Waals surface area (Å²) in [5.74, 6) is -0.810. The maximum atomic E-state index is 15.5. The molecule has 0 radical (unpaired) electrons. The SMILES string of the molecule is COc1cc(-c2cccc(-c3cccc(NC(=O)c4c[nH]c(=O)n(C)c4=O)c3C)c2C)cc(F)c1CNC1CCNC1=O. The average Bonchev–Trinajstić information content (AvgIpc) is 3.40. The Bertz CT molecular complexity index is 1860. The van der Waals surface area contributed by atoms with Crippen molar-refractivity contribution < 1.29 is 18.7 Å². The Morgan fingerprint density at radius 3 is 2.44 bits per heavy atom. The molecule has 0 saturated carbocycles. The van der Waals surface area contributed by atoms with Crippen LogP contribution in [-0.4, -0.2) is 41.1 Å². The van der Waals surface area contributed by atoms with Crippen molar-refractivity contribution in [1.82, 2.24) is 20.2 Å². The summed E-state index contributed by atoms with van der Waals surface area (Å²) in [5.41, 5.74) is 4.14. The lowest BCUT2D eigenvalue weighted by Gasteiger charge is -2.18. The molecule has 1 aromatic heterocycles. The molecule has 2 heterocycles. The van der Waals surface area contributed by atoms with Gasteiger partial charge in [-0.1, -0.05) is 30.3 Å². The predicted molar refractivity (Wildman–Crippen MR) is 162 cm³/mol. The van der Waals surface area contributed by atoms with Gasteiger partial charge in [-0.3, -0.25) is 19.0 Å². The Labute approximate surface area is 246 Å². The summed E-state index contributed by atoms with van der Waals surface area (Å²) in [6, 6.07) is 14.1. The summed E-state index contributed by atoms with van der Waals surface area (Å²) in [5, 5.41) is 8.66. The molecule has 4 aromatic rings. The van der Waals surface area contributed by atoms with E-state index in [-0.39, 0.29) is 24.1 Å². The van der Waals surface area contributed by atoms with Crippen LogP contribution in [-0.2, 0) is 18.4 Å². The van der Waals surface area contributed by atoms with E-state index in [1.807, 2.05) is 38.1 Å². The molecule has 0 bridgehead atoms. The van der Waals surface area contributed by atoms with Gasteiger partial charge < -0.3 is 25.7 Å². The number of hydrogen-bond donors (Lipinski definition) is 4. The third-order valence-corrected chi connectivity index (χ3v) is 7.89. The number of anilines is 1. The number of ether oxygens (including phenoxy) is 1. The minimum atomic E-state index is -0.702. The summed E-state index contributed by atoms with van der Waals surface area (Å²) < 4.78 is 21.8. The second-order valence-corrected chi connectivity index (χ2v) is 10.4. The Hall–Kier alpha value is -5.03. The Morgan fingerprint density at radius 2 is 1.74 bits per heavy atom. The first kappa shape index (κ1) is 29.5. The van der Waals surface area contributed by atoms with Crippen LogP contribution in [0.5, 0.6) is 5.75 Å². The van der Waals surface area contributed by atoms with E-state index >= 15 is 4.39 Å². The summed E-state index contributed by atoms with van der Waals surface area (Å²) in [7, 11) is 2.78. The number of nitrogens with one attached hydrogen (secondary N) is 4. The fourth-order valence-electron chi connectivity index (χ4n) is 5.36. The van der Waals surface area contributed by atoms with Crippen LogP contribution in [0.2, 0.25) is 0 Å². The number of halogens is 1. The molecule has 1 aliphatic rings. The van der Waals surface area contributed by atoms with Crippen molar-refractivity contribution in [2.45, 2.75) is 32.9 Å². The highest BCUT2D eigenvalue weighted by atomic mass is 19.1. The van der Waals surface area contributed by atoms with E-state index in [4.69, 9.17) is 4.74 Å². The minimum Gasteiger partial charge on any atom is -0.496 e. The second kappa shape index (κ2) is 12.1. The molecule has 222 valence electrons. The Morgan fingerprint density at radius 1 is 1.05 bits per heavy atom. The standard InChI is InChI=1S/C32H32FN5O5/c1-17-20(19-13-25(33)23(28(14-19)43-4)15-35-27-11-12-34-30(27)40)7-5-8-21(17)22-9-6-10-26(18(22)2)37-29(39)24-16-36-32(42)38(3)31(24)41/h5-10,13-14,16,27,35H,11-12,15H2,1-4H3,(H,34,40)(H,36,42)(H,37,39). The van der Waals surface area contributed by atoms with Crippen LogP contribution in [0.25, 0.3) is 22.3 Å². The first-order chi connectivity index (χ1) is 20.6. The molecule has 0 aliphatic carbocycles. The number of methoxy groups -OCH3 is 1. The average molecular weight is 586 g/mol. The Balaban J connectivity index is 1.46. The van der Waals surface area contributed by atoms with Crippen LogP contribution >= 0.6 is 0 Å². The molecule has 3 aromatic carbocycles. The zero-order valence-electron chi connectivity index (χ0n) is 24.3. The maximum Gasteiger partial charge on any atom is 0.328 e. The number of benzene rings is 3. The minimum absolute atomic E-state index is 0.0944. The number of hydrogen-bond acceptors (Lipinski definition) is 6. The predicted octanol–water partition coefficient (Wildman–Crippen LogP) is 3.40. The molecule has 1 saturated heterocycles. The zero-order chi connectivity index (χ0) is 30.8. The van der Waals surface area contributed by atoms with E-state index < -0.39 is 23.0 Å². The van der Waals surface area contributed by atoms with Gasteiger partial charge in [0.1, 0.15) is 17.1 Å². The summed E-state index contributed by atoms with van der Waals surface area (Å²) in [4.78, 5) is 51.4. The molecule has 0 spiro atoms. The van der Waals surface area contributed by atoms with E-state index in [1.165, 1.54) is 20.2 Å². The monoisotopic (exact) mass is 585 g/mol. The van der Waals surface area contributed by atoms with Crippen molar-refractivity contribution in [2.24, 2.45) is 7.05 Å². The highest BCUT2D eigenvalue weighted by Gasteiger charge is 2.25. The van der Waals surface area contributed by atoms with Gasteiger partial charge in [-0.15, -0.1) is 0 Å². The van der Waals surface area contributed by atoms with Gasteiger partial charge in [0.15, 0.2) is 0 Å².